The quantitative estimate of drug-likeness (QED) is 0.468. The number of aldehydes is 1. The van der Waals surface area contributed by atoms with E-state index in [0.29, 0.717) is 5.57 Å². The van der Waals surface area contributed by atoms with Gasteiger partial charge in [-0.25, -0.2) is 0 Å². The van der Waals surface area contributed by atoms with Crippen LogP contribution < -0.4 is 0 Å². The molecule has 0 radical (unpaired) electrons. The van der Waals surface area contributed by atoms with Gasteiger partial charge < -0.3 is 0 Å². The predicted octanol–water partition coefficient (Wildman–Crippen LogP) is 2.30. The largest absolute Gasteiger partial charge is 0.299 e. The van der Waals surface area contributed by atoms with Gasteiger partial charge in [-0.05, 0) is 39.3 Å². The second kappa shape index (κ2) is 7.92. The van der Waals surface area contributed by atoms with Crippen LogP contribution in [-0.4, -0.2) is 12.1 Å². The molecule has 0 N–H and O–H groups in total. The van der Waals surface area contributed by atoms with Crippen LogP contribution in [-0.2, 0) is 9.59 Å². The molecule has 0 aliphatic heterocycles. The Labute approximate surface area is 74.0 Å². The molecule has 2 heteroatoms. The first kappa shape index (κ1) is 13.4. The van der Waals surface area contributed by atoms with E-state index in [1.54, 1.807) is 6.92 Å². The van der Waals surface area contributed by atoms with Crippen LogP contribution in [0.15, 0.2) is 23.8 Å². The Bertz CT molecular complexity index is 184. The SMILES string of the molecule is C=C(C)C(C)=O.CC(C)=CC=O. The fourth-order valence-corrected chi connectivity index (χ4v) is 0.136. The number of carbonyl (C=O) groups excluding carboxylic acids is 2. The van der Waals surface area contributed by atoms with E-state index in [-0.39, 0.29) is 5.78 Å². The summed E-state index contributed by atoms with van der Waals surface area (Å²) in [5, 5.41) is 0. The molecule has 0 saturated heterocycles. The summed E-state index contributed by atoms with van der Waals surface area (Å²) in [5.41, 5.74) is 1.67. The van der Waals surface area contributed by atoms with Crippen molar-refractivity contribution in [1.29, 1.82) is 0 Å². The van der Waals surface area contributed by atoms with E-state index in [9.17, 15) is 9.59 Å². The highest BCUT2D eigenvalue weighted by Crippen LogP contribution is 1.84. The maximum Gasteiger partial charge on any atom is 0.154 e. The monoisotopic (exact) mass is 168 g/mol. The molecule has 0 rings (SSSR count). The summed E-state index contributed by atoms with van der Waals surface area (Å²) in [4.78, 5) is 19.6. The molecule has 0 saturated carbocycles. The Kier molecular flexibility index (Phi) is 8.85. The summed E-state index contributed by atoms with van der Waals surface area (Å²) in [5.74, 6) is 0.0648. The van der Waals surface area contributed by atoms with E-state index in [0.717, 1.165) is 11.9 Å². The lowest BCUT2D eigenvalue weighted by atomic mass is 10.3. The van der Waals surface area contributed by atoms with Gasteiger partial charge in [0, 0.05) is 0 Å². The topological polar surface area (TPSA) is 34.1 Å². The zero-order chi connectivity index (χ0) is 10.1. The first-order valence-corrected chi connectivity index (χ1v) is 3.67. The number of rotatable bonds is 2. The standard InChI is InChI=1S/2C5H8O/c1-5(2)3-4-6;1-4(2)5(3)6/h3-4H,1-2H3;1H2,2-3H3. The predicted molar refractivity (Wildman–Crippen MR) is 51.0 cm³/mol. The molecular formula is C10H16O2. The van der Waals surface area contributed by atoms with Crippen LogP contribution in [0, 0.1) is 0 Å². The molecule has 0 aliphatic rings. The highest BCUT2D eigenvalue weighted by atomic mass is 16.1. The summed E-state index contributed by atoms with van der Waals surface area (Å²) in [6, 6.07) is 0. The van der Waals surface area contributed by atoms with Crippen LogP contribution in [0.2, 0.25) is 0 Å². The van der Waals surface area contributed by atoms with E-state index in [4.69, 9.17) is 0 Å². The van der Waals surface area contributed by atoms with Crippen molar-refractivity contribution in [3.8, 4) is 0 Å². The average Bonchev–Trinajstić information content (AvgIpc) is 1.87. The van der Waals surface area contributed by atoms with Gasteiger partial charge >= 0.3 is 0 Å². The van der Waals surface area contributed by atoms with E-state index >= 15 is 0 Å². The lowest BCUT2D eigenvalue weighted by Gasteiger charge is -1.80. The smallest absolute Gasteiger partial charge is 0.154 e. The third kappa shape index (κ3) is 15.9. The molecule has 0 amide bonds. The van der Waals surface area contributed by atoms with Crippen molar-refractivity contribution < 1.29 is 9.59 Å². The van der Waals surface area contributed by atoms with Gasteiger partial charge in [0.2, 0.25) is 0 Å². The van der Waals surface area contributed by atoms with Gasteiger partial charge in [-0.15, -0.1) is 0 Å². The van der Waals surface area contributed by atoms with Crippen LogP contribution >= 0.6 is 0 Å². The molecule has 0 aliphatic carbocycles. The molecular weight excluding hydrogens is 152 g/mol. The Morgan fingerprint density at radius 2 is 1.50 bits per heavy atom. The van der Waals surface area contributed by atoms with Crippen LogP contribution in [0.4, 0.5) is 0 Å². The van der Waals surface area contributed by atoms with E-state index in [2.05, 4.69) is 6.58 Å². The molecule has 0 spiro atoms. The van der Waals surface area contributed by atoms with Crippen LogP contribution in [0.1, 0.15) is 27.7 Å². The third-order valence-corrected chi connectivity index (χ3v) is 1.00. The lowest BCUT2D eigenvalue weighted by Crippen LogP contribution is -1.86. The Balaban J connectivity index is 0. The van der Waals surface area contributed by atoms with Crippen molar-refractivity contribution in [2.24, 2.45) is 0 Å². The molecule has 0 fully saturated rings. The van der Waals surface area contributed by atoms with Gasteiger partial charge in [0.05, 0.1) is 0 Å². The molecule has 0 aromatic heterocycles. The zero-order valence-electron chi connectivity index (χ0n) is 8.18. The molecule has 2 nitrogen and oxygen atoms in total. The molecule has 0 aromatic carbocycles. The fraction of sp³-hybridized carbons (Fsp3) is 0.400. The molecule has 68 valence electrons. The second-order valence-electron chi connectivity index (χ2n) is 2.72. The van der Waals surface area contributed by atoms with Crippen molar-refractivity contribution in [3.63, 3.8) is 0 Å². The maximum atomic E-state index is 10.0. The molecule has 12 heavy (non-hydrogen) atoms. The number of ketones is 1. The minimum Gasteiger partial charge on any atom is -0.299 e. The van der Waals surface area contributed by atoms with Crippen molar-refractivity contribution in [3.05, 3.63) is 23.8 Å². The minimum atomic E-state index is 0.0648. The van der Waals surface area contributed by atoms with Gasteiger partial charge in [-0.3, -0.25) is 9.59 Å². The van der Waals surface area contributed by atoms with Crippen LogP contribution in [0.25, 0.3) is 0 Å². The van der Waals surface area contributed by atoms with Crippen molar-refractivity contribution in [2.75, 3.05) is 0 Å². The Morgan fingerprint density at radius 3 is 1.50 bits per heavy atom. The highest BCUT2D eigenvalue weighted by molar-refractivity contribution is 5.91. The van der Waals surface area contributed by atoms with Gasteiger partial charge in [0.25, 0.3) is 0 Å². The fourth-order valence-electron chi connectivity index (χ4n) is 0.136. The average molecular weight is 168 g/mol. The Morgan fingerprint density at radius 1 is 1.17 bits per heavy atom. The van der Waals surface area contributed by atoms with Gasteiger partial charge in [0.1, 0.15) is 6.29 Å². The normalized spacial score (nSPS) is 7.33. The molecule has 0 atom stereocenters. The van der Waals surface area contributed by atoms with Crippen molar-refractivity contribution in [1.82, 2.24) is 0 Å². The molecule has 0 bridgehead atoms. The highest BCUT2D eigenvalue weighted by Gasteiger charge is 1.85. The summed E-state index contributed by atoms with van der Waals surface area (Å²) in [7, 11) is 0. The number of hydrogen-bond donors (Lipinski definition) is 0. The van der Waals surface area contributed by atoms with E-state index < -0.39 is 0 Å². The van der Waals surface area contributed by atoms with Gasteiger partial charge in [0.15, 0.2) is 5.78 Å². The zero-order valence-corrected chi connectivity index (χ0v) is 8.18. The summed E-state index contributed by atoms with van der Waals surface area (Å²) >= 11 is 0. The van der Waals surface area contributed by atoms with Crippen LogP contribution in [0.5, 0.6) is 0 Å². The minimum absolute atomic E-state index is 0.0648. The second-order valence-corrected chi connectivity index (χ2v) is 2.72. The number of Topliss-reactive ketones (excluding diaryl/α,β-unsaturated/α-hetero) is 1. The molecule has 0 unspecified atom stereocenters. The molecule has 0 aromatic rings. The first-order valence-electron chi connectivity index (χ1n) is 3.67. The third-order valence-electron chi connectivity index (χ3n) is 1.00. The Hall–Kier alpha value is -1.18. The number of hydrogen-bond acceptors (Lipinski definition) is 2. The number of allylic oxidation sites excluding steroid dienone is 3. The van der Waals surface area contributed by atoms with Gasteiger partial charge in [-0.2, -0.15) is 0 Å². The summed E-state index contributed by atoms with van der Waals surface area (Å²) in [6.45, 7) is 10.4. The summed E-state index contributed by atoms with van der Waals surface area (Å²) < 4.78 is 0. The number of carbonyl (C=O) groups is 2. The van der Waals surface area contributed by atoms with Crippen molar-refractivity contribution in [2.45, 2.75) is 27.7 Å². The molecule has 0 heterocycles. The van der Waals surface area contributed by atoms with Crippen molar-refractivity contribution >= 4 is 12.1 Å². The van der Waals surface area contributed by atoms with E-state index in [1.165, 1.54) is 13.0 Å². The maximum absolute atomic E-state index is 10.0. The van der Waals surface area contributed by atoms with E-state index in [1.807, 2.05) is 13.8 Å². The first-order chi connectivity index (χ1) is 5.41. The lowest BCUT2D eigenvalue weighted by molar-refractivity contribution is -0.113. The van der Waals surface area contributed by atoms with Crippen LogP contribution in [0.3, 0.4) is 0 Å². The summed E-state index contributed by atoms with van der Waals surface area (Å²) in [6.07, 6.45) is 2.31. The van der Waals surface area contributed by atoms with Gasteiger partial charge in [-0.1, -0.05) is 12.2 Å².